The standard InChI is InChI=1S/C13H12N4O2/c18-9-1-2-11-3-5-12(6-4-11)15-13(19)10-17-8-7-14-16-17/h3-8,18H,9-10H2,(H,15,19). The van der Waals surface area contributed by atoms with Gasteiger partial charge >= 0.3 is 0 Å². The van der Waals surface area contributed by atoms with Gasteiger partial charge in [-0.15, -0.1) is 5.10 Å². The number of hydrogen-bond acceptors (Lipinski definition) is 4. The summed E-state index contributed by atoms with van der Waals surface area (Å²) in [6.07, 6.45) is 3.13. The van der Waals surface area contributed by atoms with Crippen LogP contribution in [0.15, 0.2) is 36.7 Å². The second kappa shape index (κ2) is 6.33. The van der Waals surface area contributed by atoms with Gasteiger partial charge in [0.05, 0.1) is 6.20 Å². The molecule has 0 aliphatic carbocycles. The van der Waals surface area contributed by atoms with Crippen LogP contribution in [0.4, 0.5) is 5.69 Å². The van der Waals surface area contributed by atoms with Crippen LogP contribution >= 0.6 is 0 Å². The Morgan fingerprint density at radius 3 is 2.79 bits per heavy atom. The van der Waals surface area contributed by atoms with E-state index in [9.17, 15) is 4.79 Å². The van der Waals surface area contributed by atoms with Crippen LogP contribution in [0.25, 0.3) is 0 Å². The number of aliphatic hydroxyl groups excluding tert-OH is 1. The first-order chi connectivity index (χ1) is 9.28. The Labute approximate surface area is 110 Å². The van der Waals surface area contributed by atoms with Gasteiger partial charge in [-0.1, -0.05) is 17.1 Å². The second-order valence-electron chi connectivity index (χ2n) is 3.69. The molecule has 1 heterocycles. The maximum absolute atomic E-state index is 11.7. The zero-order chi connectivity index (χ0) is 13.5. The van der Waals surface area contributed by atoms with Crippen molar-refractivity contribution in [1.29, 1.82) is 0 Å². The van der Waals surface area contributed by atoms with Crippen molar-refractivity contribution in [2.45, 2.75) is 6.54 Å². The van der Waals surface area contributed by atoms with Crippen LogP contribution in [0.3, 0.4) is 0 Å². The first kappa shape index (κ1) is 12.8. The van der Waals surface area contributed by atoms with E-state index in [0.29, 0.717) is 5.69 Å². The van der Waals surface area contributed by atoms with Crippen molar-refractivity contribution in [2.24, 2.45) is 0 Å². The molecule has 0 radical (unpaired) electrons. The largest absolute Gasteiger partial charge is 0.384 e. The molecule has 0 fully saturated rings. The molecular formula is C13H12N4O2. The number of aliphatic hydroxyl groups is 1. The smallest absolute Gasteiger partial charge is 0.246 e. The van der Waals surface area contributed by atoms with Crippen molar-refractivity contribution >= 4 is 11.6 Å². The van der Waals surface area contributed by atoms with Gasteiger partial charge in [0.15, 0.2) is 0 Å². The fourth-order valence-electron chi connectivity index (χ4n) is 1.44. The third-order valence-corrected chi connectivity index (χ3v) is 2.26. The SMILES string of the molecule is O=C(Cn1ccnn1)Nc1ccc(C#CCO)cc1. The Morgan fingerprint density at radius 2 is 2.16 bits per heavy atom. The molecule has 0 aliphatic rings. The van der Waals surface area contributed by atoms with Crippen LogP contribution in [-0.4, -0.2) is 32.6 Å². The number of nitrogens with zero attached hydrogens (tertiary/aromatic N) is 3. The number of carbonyl (C=O) groups is 1. The number of benzene rings is 1. The molecule has 0 atom stereocenters. The monoisotopic (exact) mass is 256 g/mol. The lowest BCUT2D eigenvalue weighted by molar-refractivity contribution is -0.116. The second-order valence-corrected chi connectivity index (χ2v) is 3.69. The van der Waals surface area contributed by atoms with E-state index in [1.165, 1.54) is 10.9 Å². The van der Waals surface area contributed by atoms with E-state index in [1.807, 2.05) is 0 Å². The molecule has 6 heteroatoms. The molecule has 0 saturated heterocycles. The van der Waals surface area contributed by atoms with Gasteiger partial charge in [-0.05, 0) is 24.3 Å². The summed E-state index contributed by atoms with van der Waals surface area (Å²) in [4.78, 5) is 11.7. The predicted octanol–water partition coefficient (Wildman–Crippen LogP) is 0.261. The minimum Gasteiger partial charge on any atom is -0.384 e. The van der Waals surface area contributed by atoms with Crippen LogP contribution in [-0.2, 0) is 11.3 Å². The molecule has 0 bridgehead atoms. The maximum Gasteiger partial charge on any atom is 0.246 e. The summed E-state index contributed by atoms with van der Waals surface area (Å²) in [6.45, 7) is -0.0531. The molecule has 0 spiro atoms. The molecule has 0 saturated carbocycles. The molecule has 2 N–H and O–H groups in total. The molecule has 96 valence electrons. The zero-order valence-corrected chi connectivity index (χ0v) is 10.1. The third kappa shape index (κ3) is 3.94. The Hall–Kier alpha value is -2.65. The molecule has 1 aromatic carbocycles. The van der Waals surface area contributed by atoms with E-state index in [2.05, 4.69) is 27.5 Å². The van der Waals surface area contributed by atoms with Gasteiger partial charge in [-0.3, -0.25) is 4.79 Å². The van der Waals surface area contributed by atoms with Crippen molar-refractivity contribution in [2.75, 3.05) is 11.9 Å². The van der Waals surface area contributed by atoms with E-state index in [4.69, 9.17) is 5.11 Å². The van der Waals surface area contributed by atoms with Crippen LogP contribution < -0.4 is 5.32 Å². The number of rotatable bonds is 3. The molecule has 1 aromatic heterocycles. The number of anilines is 1. The molecular weight excluding hydrogens is 244 g/mol. The van der Waals surface area contributed by atoms with Crippen molar-refractivity contribution in [3.8, 4) is 11.8 Å². The van der Waals surface area contributed by atoms with Gasteiger partial charge in [0.2, 0.25) is 5.91 Å². The highest BCUT2D eigenvalue weighted by molar-refractivity contribution is 5.90. The molecule has 6 nitrogen and oxygen atoms in total. The first-order valence-corrected chi connectivity index (χ1v) is 5.61. The quantitative estimate of drug-likeness (QED) is 0.772. The van der Waals surface area contributed by atoms with Crippen LogP contribution in [0, 0.1) is 11.8 Å². The summed E-state index contributed by atoms with van der Waals surface area (Å²) in [6, 6.07) is 7.04. The lowest BCUT2D eigenvalue weighted by atomic mass is 10.2. The van der Waals surface area contributed by atoms with E-state index in [-0.39, 0.29) is 19.1 Å². The van der Waals surface area contributed by atoms with Gasteiger partial charge in [0.1, 0.15) is 13.2 Å². The molecule has 2 rings (SSSR count). The van der Waals surface area contributed by atoms with E-state index < -0.39 is 0 Å². The van der Waals surface area contributed by atoms with Gasteiger partial charge in [-0.2, -0.15) is 0 Å². The normalized spacial score (nSPS) is 9.53. The average Bonchev–Trinajstić information content (AvgIpc) is 2.90. The summed E-state index contributed by atoms with van der Waals surface area (Å²) >= 11 is 0. The topological polar surface area (TPSA) is 80.0 Å². The maximum atomic E-state index is 11.7. The Balaban J connectivity index is 1.94. The molecule has 0 aliphatic heterocycles. The fourth-order valence-corrected chi connectivity index (χ4v) is 1.44. The Kier molecular flexibility index (Phi) is 4.26. The summed E-state index contributed by atoms with van der Waals surface area (Å²) in [5.74, 6) is 5.15. The highest BCUT2D eigenvalue weighted by Crippen LogP contribution is 2.08. The van der Waals surface area contributed by atoms with Gasteiger partial charge in [-0.25, -0.2) is 4.68 Å². The molecule has 0 unspecified atom stereocenters. The minimum atomic E-state index is -0.181. The summed E-state index contributed by atoms with van der Waals surface area (Å²) < 4.78 is 1.44. The first-order valence-electron chi connectivity index (χ1n) is 5.61. The Bertz CT molecular complexity index is 594. The number of nitrogens with one attached hydrogen (secondary N) is 1. The summed E-state index contributed by atoms with van der Waals surface area (Å²) in [5.41, 5.74) is 1.46. The van der Waals surface area contributed by atoms with Crippen LogP contribution in [0.5, 0.6) is 0 Å². The average molecular weight is 256 g/mol. The van der Waals surface area contributed by atoms with Crippen molar-refractivity contribution < 1.29 is 9.90 Å². The number of carbonyl (C=O) groups excluding carboxylic acids is 1. The highest BCUT2D eigenvalue weighted by atomic mass is 16.2. The minimum absolute atomic E-state index is 0.117. The summed E-state index contributed by atoms with van der Waals surface area (Å²) in [5, 5.41) is 18.6. The van der Waals surface area contributed by atoms with Crippen LogP contribution in [0.2, 0.25) is 0 Å². The highest BCUT2D eigenvalue weighted by Gasteiger charge is 2.03. The third-order valence-electron chi connectivity index (χ3n) is 2.26. The molecule has 2 aromatic rings. The van der Waals surface area contributed by atoms with Crippen molar-refractivity contribution in [3.05, 3.63) is 42.2 Å². The molecule has 1 amide bonds. The predicted molar refractivity (Wildman–Crippen MR) is 69.1 cm³/mol. The lowest BCUT2D eigenvalue weighted by Crippen LogP contribution is -2.19. The fraction of sp³-hybridized carbons (Fsp3) is 0.154. The van der Waals surface area contributed by atoms with Crippen LogP contribution in [0.1, 0.15) is 5.56 Å². The van der Waals surface area contributed by atoms with Gasteiger partial charge in [0.25, 0.3) is 0 Å². The van der Waals surface area contributed by atoms with Gasteiger partial charge < -0.3 is 10.4 Å². The van der Waals surface area contributed by atoms with Crippen molar-refractivity contribution in [3.63, 3.8) is 0 Å². The van der Waals surface area contributed by atoms with E-state index >= 15 is 0 Å². The van der Waals surface area contributed by atoms with E-state index in [0.717, 1.165) is 5.56 Å². The lowest BCUT2D eigenvalue weighted by Gasteiger charge is -2.04. The molecule has 19 heavy (non-hydrogen) atoms. The summed E-state index contributed by atoms with van der Waals surface area (Å²) in [7, 11) is 0. The zero-order valence-electron chi connectivity index (χ0n) is 10.1. The Morgan fingerprint density at radius 1 is 1.37 bits per heavy atom. The number of aromatic nitrogens is 3. The van der Waals surface area contributed by atoms with E-state index in [1.54, 1.807) is 30.5 Å². The van der Waals surface area contributed by atoms with Gasteiger partial charge in [0, 0.05) is 17.4 Å². The number of amides is 1. The number of hydrogen-bond donors (Lipinski definition) is 2. The van der Waals surface area contributed by atoms with Crippen molar-refractivity contribution in [1.82, 2.24) is 15.0 Å².